The van der Waals surface area contributed by atoms with Crippen molar-refractivity contribution in [3.63, 3.8) is 0 Å². The van der Waals surface area contributed by atoms with Gasteiger partial charge in [-0.2, -0.15) is 0 Å². The molecule has 0 N–H and O–H groups in total. The minimum Gasteiger partial charge on any atom is -0.369 e. The second-order valence-electron chi connectivity index (χ2n) is 6.88. The number of likely N-dealkylation sites (tertiary alicyclic amines) is 1. The van der Waals surface area contributed by atoms with Gasteiger partial charge in [0.15, 0.2) is 0 Å². The van der Waals surface area contributed by atoms with Crippen LogP contribution in [0.1, 0.15) is 5.69 Å². The van der Waals surface area contributed by atoms with E-state index in [-0.39, 0.29) is 5.82 Å². The molecule has 4 rings (SSSR count). The fourth-order valence-corrected chi connectivity index (χ4v) is 3.68. The van der Waals surface area contributed by atoms with Gasteiger partial charge >= 0.3 is 0 Å². The Balaban J connectivity index is 1.23. The topological polar surface area (TPSA) is 27.5 Å². The Morgan fingerprint density at radius 3 is 2.42 bits per heavy atom. The molecular formula is C18H24FN5. The quantitative estimate of drug-likeness (QED) is 0.851. The van der Waals surface area contributed by atoms with Crippen LogP contribution in [-0.4, -0.2) is 64.7 Å². The molecule has 0 spiro atoms. The third kappa shape index (κ3) is 3.30. The van der Waals surface area contributed by atoms with Crippen molar-refractivity contribution in [1.29, 1.82) is 0 Å². The van der Waals surface area contributed by atoms with Crippen molar-refractivity contribution >= 4 is 5.69 Å². The van der Waals surface area contributed by atoms with Gasteiger partial charge in [0.05, 0.1) is 12.0 Å². The summed E-state index contributed by atoms with van der Waals surface area (Å²) in [6.07, 6.45) is 3.95. The molecule has 0 bridgehead atoms. The molecule has 0 unspecified atom stereocenters. The molecule has 2 saturated heterocycles. The molecule has 1 aromatic heterocycles. The summed E-state index contributed by atoms with van der Waals surface area (Å²) in [5, 5.41) is 0. The lowest BCUT2D eigenvalue weighted by Crippen LogP contribution is -2.62. The molecule has 0 aliphatic carbocycles. The van der Waals surface area contributed by atoms with Gasteiger partial charge in [-0.3, -0.25) is 9.80 Å². The van der Waals surface area contributed by atoms with Crippen LogP contribution in [0.15, 0.2) is 36.8 Å². The molecule has 2 fully saturated rings. The predicted octanol–water partition coefficient (Wildman–Crippen LogP) is 1.57. The van der Waals surface area contributed by atoms with E-state index in [0.717, 1.165) is 57.2 Å². The molecule has 24 heavy (non-hydrogen) atoms. The van der Waals surface area contributed by atoms with Crippen LogP contribution >= 0.6 is 0 Å². The fraction of sp³-hybridized carbons (Fsp3) is 0.500. The maximum atomic E-state index is 13.0. The van der Waals surface area contributed by atoms with E-state index in [1.165, 1.54) is 0 Å². The number of aryl methyl sites for hydroxylation is 1. The molecule has 5 nitrogen and oxygen atoms in total. The number of benzene rings is 1. The van der Waals surface area contributed by atoms with E-state index in [1.807, 2.05) is 30.1 Å². The van der Waals surface area contributed by atoms with Crippen molar-refractivity contribution in [3.8, 4) is 0 Å². The van der Waals surface area contributed by atoms with Crippen molar-refractivity contribution in [2.24, 2.45) is 7.05 Å². The highest BCUT2D eigenvalue weighted by molar-refractivity contribution is 5.46. The van der Waals surface area contributed by atoms with Gasteiger partial charge < -0.3 is 9.47 Å². The molecule has 0 saturated carbocycles. The van der Waals surface area contributed by atoms with Gasteiger partial charge in [0.25, 0.3) is 0 Å². The summed E-state index contributed by atoms with van der Waals surface area (Å²) in [6.45, 7) is 7.41. The van der Waals surface area contributed by atoms with E-state index in [0.29, 0.717) is 6.04 Å². The zero-order chi connectivity index (χ0) is 16.5. The summed E-state index contributed by atoms with van der Waals surface area (Å²) in [5.41, 5.74) is 2.28. The summed E-state index contributed by atoms with van der Waals surface area (Å²) in [6, 6.07) is 7.52. The first-order valence-corrected chi connectivity index (χ1v) is 8.61. The van der Waals surface area contributed by atoms with E-state index >= 15 is 0 Å². The first-order valence-electron chi connectivity index (χ1n) is 8.61. The zero-order valence-corrected chi connectivity index (χ0v) is 14.1. The van der Waals surface area contributed by atoms with Crippen LogP contribution in [-0.2, 0) is 13.6 Å². The monoisotopic (exact) mass is 329 g/mol. The predicted molar refractivity (Wildman–Crippen MR) is 92.5 cm³/mol. The molecule has 2 aliphatic rings. The molecule has 0 radical (unpaired) electrons. The van der Waals surface area contributed by atoms with Gasteiger partial charge in [-0.05, 0) is 24.3 Å². The highest BCUT2D eigenvalue weighted by atomic mass is 19.1. The highest BCUT2D eigenvalue weighted by Crippen LogP contribution is 2.22. The summed E-state index contributed by atoms with van der Waals surface area (Å²) >= 11 is 0. The average Bonchev–Trinajstić information content (AvgIpc) is 2.97. The summed E-state index contributed by atoms with van der Waals surface area (Å²) < 4.78 is 15.0. The second kappa shape index (κ2) is 6.53. The van der Waals surface area contributed by atoms with Gasteiger partial charge in [-0.15, -0.1) is 0 Å². The number of aromatic nitrogens is 2. The number of hydrogen-bond acceptors (Lipinski definition) is 4. The number of piperazine rings is 1. The molecule has 1 aromatic carbocycles. The van der Waals surface area contributed by atoms with Crippen LogP contribution in [0, 0.1) is 5.82 Å². The summed E-state index contributed by atoms with van der Waals surface area (Å²) in [4.78, 5) is 11.8. The maximum absolute atomic E-state index is 13.0. The van der Waals surface area contributed by atoms with Gasteiger partial charge in [-0.25, -0.2) is 9.37 Å². The van der Waals surface area contributed by atoms with E-state index in [9.17, 15) is 4.39 Å². The maximum Gasteiger partial charge on any atom is 0.123 e. The molecule has 0 amide bonds. The molecule has 3 heterocycles. The minimum absolute atomic E-state index is 0.167. The van der Waals surface area contributed by atoms with Crippen molar-refractivity contribution in [2.75, 3.05) is 44.2 Å². The summed E-state index contributed by atoms with van der Waals surface area (Å²) in [5.74, 6) is -0.167. The number of imidazole rings is 1. The van der Waals surface area contributed by atoms with Crippen molar-refractivity contribution in [1.82, 2.24) is 19.4 Å². The molecule has 6 heteroatoms. The van der Waals surface area contributed by atoms with E-state index in [4.69, 9.17) is 0 Å². The van der Waals surface area contributed by atoms with Crippen LogP contribution in [0.25, 0.3) is 0 Å². The number of rotatable bonds is 4. The Bertz CT molecular complexity index is 669. The van der Waals surface area contributed by atoms with Crippen molar-refractivity contribution in [2.45, 2.75) is 12.6 Å². The minimum atomic E-state index is -0.167. The Morgan fingerprint density at radius 1 is 1.08 bits per heavy atom. The van der Waals surface area contributed by atoms with Gasteiger partial charge in [-0.1, -0.05) is 0 Å². The molecular weight excluding hydrogens is 305 g/mol. The van der Waals surface area contributed by atoms with Gasteiger partial charge in [0.1, 0.15) is 5.82 Å². The Labute approximate surface area is 142 Å². The number of halogens is 1. The Kier molecular flexibility index (Phi) is 4.24. The number of anilines is 1. The molecule has 2 aliphatic heterocycles. The average molecular weight is 329 g/mol. The Morgan fingerprint density at radius 2 is 1.79 bits per heavy atom. The van der Waals surface area contributed by atoms with Crippen LogP contribution in [0.5, 0.6) is 0 Å². The normalized spacial score (nSPS) is 20.3. The SMILES string of the molecule is Cn1cnc(CN2CC(N3CCN(c4ccc(F)cc4)CC3)C2)c1. The van der Waals surface area contributed by atoms with Gasteiger partial charge in [0, 0.05) is 70.8 Å². The zero-order valence-electron chi connectivity index (χ0n) is 14.1. The van der Waals surface area contributed by atoms with E-state index in [2.05, 4.69) is 25.9 Å². The van der Waals surface area contributed by atoms with Crippen LogP contribution in [0.2, 0.25) is 0 Å². The van der Waals surface area contributed by atoms with Crippen LogP contribution < -0.4 is 4.90 Å². The number of hydrogen-bond donors (Lipinski definition) is 0. The third-order valence-corrected chi connectivity index (χ3v) is 5.10. The number of nitrogens with zero attached hydrogens (tertiary/aromatic N) is 5. The molecule has 2 aromatic rings. The Hall–Kier alpha value is -1.92. The molecule has 0 atom stereocenters. The molecule has 128 valence electrons. The van der Waals surface area contributed by atoms with Crippen LogP contribution in [0.4, 0.5) is 10.1 Å². The lowest BCUT2D eigenvalue weighted by molar-refractivity contribution is 0.0249. The highest BCUT2D eigenvalue weighted by Gasteiger charge is 2.33. The van der Waals surface area contributed by atoms with Crippen LogP contribution in [0.3, 0.4) is 0 Å². The lowest BCUT2D eigenvalue weighted by Gasteiger charge is -2.48. The van der Waals surface area contributed by atoms with E-state index < -0.39 is 0 Å². The lowest BCUT2D eigenvalue weighted by atomic mass is 10.1. The van der Waals surface area contributed by atoms with E-state index in [1.54, 1.807) is 12.1 Å². The first-order chi connectivity index (χ1) is 11.7. The van der Waals surface area contributed by atoms with Gasteiger partial charge in [0.2, 0.25) is 0 Å². The third-order valence-electron chi connectivity index (χ3n) is 5.10. The fourth-order valence-electron chi connectivity index (χ4n) is 3.68. The second-order valence-corrected chi connectivity index (χ2v) is 6.88. The summed E-state index contributed by atoms with van der Waals surface area (Å²) in [7, 11) is 2.01. The standard InChI is InChI=1S/C18H24FN5/c1-21-10-16(20-14-21)11-22-12-18(13-22)24-8-6-23(7-9-24)17-4-2-15(19)3-5-17/h2-5,10,14,18H,6-9,11-13H2,1H3. The van der Waals surface area contributed by atoms with Crippen molar-refractivity contribution < 1.29 is 4.39 Å². The van der Waals surface area contributed by atoms with Crippen molar-refractivity contribution in [3.05, 3.63) is 48.3 Å². The smallest absolute Gasteiger partial charge is 0.123 e. The first kappa shape index (κ1) is 15.6. The largest absolute Gasteiger partial charge is 0.369 e.